The zero-order chi connectivity index (χ0) is 14.8. The first-order chi connectivity index (χ1) is 9.42. The van der Waals surface area contributed by atoms with Gasteiger partial charge in [0.05, 0.1) is 18.3 Å². The Hall–Kier alpha value is -0.590. The van der Waals surface area contributed by atoms with Crippen molar-refractivity contribution in [2.45, 2.75) is 90.0 Å². The highest BCUT2D eigenvalue weighted by Gasteiger charge is 2.35. The normalized spacial score (nSPS) is 35.0. The lowest BCUT2D eigenvalue weighted by molar-refractivity contribution is -0.0481. The van der Waals surface area contributed by atoms with Crippen LogP contribution in [0, 0.1) is 23.2 Å². The maximum absolute atomic E-state index is 9.43. The monoisotopic (exact) mass is 278 g/mol. The second kappa shape index (κ2) is 6.45. The number of hydrogen-bond acceptors (Lipinski definition) is 3. The Kier molecular flexibility index (Phi) is 5.09. The first-order valence-electron chi connectivity index (χ1n) is 8.26. The summed E-state index contributed by atoms with van der Waals surface area (Å²) in [4.78, 5) is 0. The first-order valence-corrected chi connectivity index (χ1v) is 8.26. The second-order valence-corrected chi connectivity index (χ2v) is 7.40. The summed E-state index contributed by atoms with van der Waals surface area (Å²) < 4.78 is 6.22. The van der Waals surface area contributed by atoms with E-state index in [1.807, 2.05) is 6.92 Å². The number of nitriles is 1. The maximum Gasteiger partial charge on any atom is 0.106 e. The predicted molar refractivity (Wildman–Crippen MR) is 81.3 cm³/mol. The fourth-order valence-electron chi connectivity index (χ4n) is 3.39. The molecule has 0 amide bonds. The second-order valence-electron chi connectivity index (χ2n) is 7.40. The third-order valence-electron chi connectivity index (χ3n) is 5.02. The van der Waals surface area contributed by atoms with E-state index in [2.05, 4.69) is 32.2 Å². The molecule has 2 rings (SSSR count). The van der Waals surface area contributed by atoms with E-state index in [1.54, 1.807) is 0 Å². The Bertz CT molecular complexity index is 360. The van der Waals surface area contributed by atoms with Gasteiger partial charge in [0.1, 0.15) is 5.54 Å². The number of hydrogen-bond donors (Lipinski definition) is 1. The van der Waals surface area contributed by atoms with Crippen LogP contribution < -0.4 is 5.32 Å². The van der Waals surface area contributed by atoms with Crippen molar-refractivity contribution in [2.24, 2.45) is 11.8 Å². The van der Waals surface area contributed by atoms with E-state index in [1.165, 1.54) is 32.1 Å². The Morgan fingerprint density at radius 3 is 2.50 bits per heavy atom. The summed E-state index contributed by atoms with van der Waals surface area (Å²) in [5.41, 5.74) is -0.436. The summed E-state index contributed by atoms with van der Waals surface area (Å²) in [7, 11) is 0. The van der Waals surface area contributed by atoms with Crippen molar-refractivity contribution < 1.29 is 4.74 Å². The largest absolute Gasteiger partial charge is 0.375 e. The van der Waals surface area contributed by atoms with Crippen molar-refractivity contribution in [3.63, 3.8) is 0 Å². The summed E-state index contributed by atoms with van der Waals surface area (Å²) >= 11 is 0. The van der Waals surface area contributed by atoms with Crippen LogP contribution in [0.3, 0.4) is 0 Å². The minimum absolute atomic E-state index is 0.150. The summed E-state index contributed by atoms with van der Waals surface area (Å²) in [5.74, 6) is 1.58. The minimum Gasteiger partial charge on any atom is -0.375 e. The van der Waals surface area contributed by atoms with E-state index in [0.717, 1.165) is 18.3 Å². The number of rotatable bonds is 6. The molecular formula is C17H30N2O. The van der Waals surface area contributed by atoms with Crippen LogP contribution in [-0.2, 0) is 4.74 Å². The molecule has 0 aliphatic heterocycles. The zero-order valence-corrected chi connectivity index (χ0v) is 13.5. The van der Waals surface area contributed by atoms with Crippen LogP contribution in [-0.4, -0.2) is 23.8 Å². The van der Waals surface area contributed by atoms with Crippen molar-refractivity contribution >= 4 is 0 Å². The number of nitrogens with one attached hydrogen (secondary N) is 1. The highest BCUT2D eigenvalue weighted by molar-refractivity contribution is 5.08. The van der Waals surface area contributed by atoms with Crippen molar-refractivity contribution in [1.82, 2.24) is 5.32 Å². The van der Waals surface area contributed by atoms with Crippen molar-refractivity contribution in [3.05, 3.63) is 0 Å². The molecule has 114 valence electrons. The van der Waals surface area contributed by atoms with Gasteiger partial charge in [0.15, 0.2) is 0 Å². The van der Waals surface area contributed by atoms with E-state index in [0.29, 0.717) is 12.1 Å². The van der Waals surface area contributed by atoms with Gasteiger partial charge in [-0.25, -0.2) is 0 Å². The van der Waals surface area contributed by atoms with Gasteiger partial charge in [-0.3, -0.25) is 5.32 Å². The molecule has 2 aliphatic carbocycles. The molecule has 5 atom stereocenters. The molecular weight excluding hydrogens is 248 g/mol. The van der Waals surface area contributed by atoms with Gasteiger partial charge in [-0.1, -0.05) is 13.8 Å². The summed E-state index contributed by atoms with van der Waals surface area (Å²) in [6.07, 6.45) is 7.36. The van der Waals surface area contributed by atoms with Crippen LogP contribution >= 0.6 is 0 Å². The molecule has 0 bridgehead atoms. The summed E-state index contributed by atoms with van der Waals surface area (Å²) in [6.45, 7) is 8.80. The van der Waals surface area contributed by atoms with Crippen LogP contribution in [0.1, 0.15) is 66.2 Å². The van der Waals surface area contributed by atoms with Gasteiger partial charge in [-0.15, -0.1) is 0 Å². The van der Waals surface area contributed by atoms with Crippen LogP contribution in [0.2, 0.25) is 0 Å². The van der Waals surface area contributed by atoms with Gasteiger partial charge < -0.3 is 4.74 Å². The average Bonchev–Trinajstić information content (AvgIpc) is 3.17. The van der Waals surface area contributed by atoms with E-state index in [4.69, 9.17) is 4.74 Å². The molecule has 0 spiro atoms. The lowest BCUT2D eigenvalue weighted by atomic mass is 9.80. The molecule has 0 radical (unpaired) electrons. The fraction of sp³-hybridized carbons (Fsp3) is 0.941. The van der Waals surface area contributed by atoms with Gasteiger partial charge in [0.2, 0.25) is 0 Å². The molecule has 2 saturated carbocycles. The minimum atomic E-state index is -0.436. The third kappa shape index (κ3) is 4.46. The molecule has 0 saturated heterocycles. The standard InChI is InChI=1S/C17H30N2O/c1-12-5-8-16(9-13(12)2)20-14(3)10-17(4,11-18)19-15-6-7-15/h12-16,19H,5-10H2,1-4H3. The Morgan fingerprint density at radius 1 is 1.25 bits per heavy atom. The van der Waals surface area contributed by atoms with Gasteiger partial charge in [-0.2, -0.15) is 5.26 Å². The molecule has 3 nitrogen and oxygen atoms in total. The molecule has 2 aliphatic rings. The predicted octanol–water partition coefficient (Wildman–Crippen LogP) is 3.64. The first kappa shape index (κ1) is 15.8. The Balaban J connectivity index is 1.79. The van der Waals surface area contributed by atoms with Crippen molar-refractivity contribution in [2.75, 3.05) is 0 Å². The zero-order valence-electron chi connectivity index (χ0n) is 13.5. The maximum atomic E-state index is 9.43. The molecule has 1 N–H and O–H groups in total. The molecule has 3 heteroatoms. The van der Waals surface area contributed by atoms with Crippen LogP contribution in [0.5, 0.6) is 0 Å². The summed E-state index contributed by atoms with van der Waals surface area (Å²) in [6, 6.07) is 3.00. The number of nitrogens with zero attached hydrogens (tertiary/aromatic N) is 1. The van der Waals surface area contributed by atoms with Gasteiger partial charge in [0.25, 0.3) is 0 Å². The van der Waals surface area contributed by atoms with Gasteiger partial charge >= 0.3 is 0 Å². The lowest BCUT2D eigenvalue weighted by Crippen LogP contribution is -2.45. The van der Waals surface area contributed by atoms with E-state index < -0.39 is 5.54 Å². The molecule has 0 aromatic rings. The highest BCUT2D eigenvalue weighted by Crippen LogP contribution is 2.32. The quantitative estimate of drug-likeness (QED) is 0.806. The molecule has 0 aromatic carbocycles. The fourth-order valence-corrected chi connectivity index (χ4v) is 3.39. The average molecular weight is 278 g/mol. The number of ether oxygens (including phenoxy) is 1. The van der Waals surface area contributed by atoms with E-state index >= 15 is 0 Å². The molecule has 0 aromatic heterocycles. The van der Waals surface area contributed by atoms with Gasteiger partial charge in [0, 0.05) is 12.5 Å². The Labute approximate surface area is 124 Å². The van der Waals surface area contributed by atoms with E-state index in [9.17, 15) is 5.26 Å². The van der Waals surface area contributed by atoms with Crippen LogP contribution in [0.15, 0.2) is 0 Å². The molecule has 20 heavy (non-hydrogen) atoms. The van der Waals surface area contributed by atoms with Crippen LogP contribution in [0.25, 0.3) is 0 Å². The lowest BCUT2D eigenvalue weighted by Gasteiger charge is -2.35. The topological polar surface area (TPSA) is 45.0 Å². The SMILES string of the molecule is CC(CC(C)(C#N)NC1CC1)OC1CCC(C)C(C)C1. The van der Waals surface area contributed by atoms with Gasteiger partial charge in [-0.05, 0) is 57.8 Å². The third-order valence-corrected chi connectivity index (χ3v) is 5.02. The molecule has 5 unspecified atom stereocenters. The molecule has 2 fully saturated rings. The Morgan fingerprint density at radius 2 is 1.95 bits per heavy atom. The smallest absolute Gasteiger partial charge is 0.106 e. The highest BCUT2D eigenvalue weighted by atomic mass is 16.5. The van der Waals surface area contributed by atoms with Crippen molar-refractivity contribution in [1.29, 1.82) is 5.26 Å². The van der Waals surface area contributed by atoms with E-state index in [-0.39, 0.29) is 6.10 Å². The van der Waals surface area contributed by atoms with Crippen molar-refractivity contribution in [3.8, 4) is 6.07 Å². The molecule has 0 heterocycles. The summed E-state index contributed by atoms with van der Waals surface area (Å²) in [5, 5.41) is 12.9. The van der Waals surface area contributed by atoms with Crippen LogP contribution in [0.4, 0.5) is 0 Å².